The third kappa shape index (κ3) is 4.88. The fraction of sp³-hybridized carbons (Fsp3) is 0.350. The summed E-state index contributed by atoms with van der Waals surface area (Å²) >= 11 is 0. The van der Waals surface area contributed by atoms with Crippen LogP contribution >= 0.6 is 0 Å². The molecule has 0 N–H and O–H groups in total. The Bertz CT molecular complexity index is 801. The van der Waals surface area contributed by atoms with Crippen molar-refractivity contribution >= 4 is 11.6 Å². The summed E-state index contributed by atoms with van der Waals surface area (Å²) in [6.07, 6.45) is -4.75. The number of carbonyl (C=O) groups is 1. The zero-order valence-electron chi connectivity index (χ0n) is 15.4. The van der Waals surface area contributed by atoms with Crippen molar-refractivity contribution in [3.63, 3.8) is 0 Å². The van der Waals surface area contributed by atoms with Gasteiger partial charge in [0.25, 0.3) is 5.91 Å². The van der Waals surface area contributed by atoms with Gasteiger partial charge in [0.15, 0.2) is 0 Å². The Balaban J connectivity index is 1.61. The molecule has 1 aliphatic heterocycles. The van der Waals surface area contributed by atoms with E-state index in [1.165, 1.54) is 12.1 Å². The molecule has 0 saturated carbocycles. The number of hydrogen-bond donors (Lipinski definition) is 0. The van der Waals surface area contributed by atoms with Crippen LogP contribution in [0.25, 0.3) is 0 Å². The Morgan fingerprint density at radius 2 is 1.64 bits per heavy atom. The van der Waals surface area contributed by atoms with Crippen molar-refractivity contribution < 1.29 is 27.4 Å². The average Bonchev–Trinajstić information content (AvgIpc) is 2.68. The van der Waals surface area contributed by atoms with Gasteiger partial charge in [-0.25, -0.2) is 0 Å². The van der Waals surface area contributed by atoms with Crippen molar-refractivity contribution in [2.45, 2.75) is 13.3 Å². The van der Waals surface area contributed by atoms with Crippen molar-refractivity contribution in [3.8, 4) is 11.5 Å². The molecule has 1 aliphatic rings. The number of amides is 1. The molecule has 8 heteroatoms. The van der Waals surface area contributed by atoms with Crippen molar-refractivity contribution in [2.75, 3.05) is 37.7 Å². The summed E-state index contributed by atoms with van der Waals surface area (Å²) < 4.78 is 46.2. The molecule has 2 aromatic rings. The van der Waals surface area contributed by atoms with Crippen molar-refractivity contribution in [1.29, 1.82) is 0 Å². The van der Waals surface area contributed by atoms with Crippen LogP contribution in [0.15, 0.2) is 48.5 Å². The van der Waals surface area contributed by atoms with Gasteiger partial charge in [-0.15, -0.1) is 13.2 Å². The normalized spacial score (nSPS) is 14.7. The van der Waals surface area contributed by atoms with E-state index in [-0.39, 0.29) is 11.7 Å². The first kappa shape index (κ1) is 19.9. The summed E-state index contributed by atoms with van der Waals surface area (Å²) in [5, 5.41) is 0. The number of nitrogens with zero attached hydrogens (tertiary/aromatic N) is 2. The molecule has 0 unspecified atom stereocenters. The lowest BCUT2D eigenvalue weighted by Crippen LogP contribution is -2.48. The summed E-state index contributed by atoms with van der Waals surface area (Å²) in [7, 11) is 0. The highest BCUT2D eigenvalue weighted by Gasteiger charge is 2.31. The SMILES string of the molecule is CCOc1ccccc1N1CCN(C(=O)c2ccc(OC(F)(F)F)cc2)CC1. The van der Waals surface area contributed by atoms with Gasteiger partial charge in [-0.1, -0.05) is 12.1 Å². The van der Waals surface area contributed by atoms with E-state index in [1.807, 2.05) is 31.2 Å². The summed E-state index contributed by atoms with van der Waals surface area (Å²) in [4.78, 5) is 16.5. The van der Waals surface area contributed by atoms with Crippen LogP contribution in [-0.4, -0.2) is 50.0 Å². The van der Waals surface area contributed by atoms with Gasteiger partial charge < -0.3 is 19.3 Å². The molecule has 1 saturated heterocycles. The number of anilines is 1. The molecule has 1 amide bonds. The number of alkyl halides is 3. The Morgan fingerprint density at radius 3 is 2.25 bits per heavy atom. The van der Waals surface area contributed by atoms with Gasteiger partial charge in [-0.05, 0) is 43.3 Å². The topological polar surface area (TPSA) is 42.0 Å². The quantitative estimate of drug-likeness (QED) is 0.770. The molecule has 2 aromatic carbocycles. The number of ether oxygens (including phenoxy) is 2. The fourth-order valence-corrected chi connectivity index (χ4v) is 3.13. The number of hydrogen-bond acceptors (Lipinski definition) is 4. The van der Waals surface area contributed by atoms with Gasteiger partial charge in [0.2, 0.25) is 0 Å². The second-order valence-corrected chi connectivity index (χ2v) is 6.25. The minimum absolute atomic E-state index is 0.212. The molecule has 0 aromatic heterocycles. The molecule has 150 valence electrons. The smallest absolute Gasteiger partial charge is 0.492 e. The van der Waals surface area contributed by atoms with Crippen LogP contribution in [0, 0.1) is 0 Å². The number of benzene rings is 2. The maximum absolute atomic E-state index is 12.6. The molecule has 28 heavy (non-hydrogen) atoms. The van der Waals surface area contributed by atoms with E-state index in [4.69, 9.17) is 4.74 Å². The van der Waals surface area contributed by atoms with E-state index in [1.54, 1.807) is 4.90 Å². The fourth-order valence-electron chi connectivity index (χ4n) is 3.13. The van der Waals surface area contributed by atoms with E-state index in [0.29, 0.717) is 38.3 Å². The molecule has 0 bridgehead atoms. The summed E-state index contributed by atoms with van der Waals surface area (Å²) in [6.45, 7) is 4.82. The first-order valence-corrected chi connectivity index (χ1v) is 8.99. The van der Waals surface area contributed by atoms with Crippen LogP contribution in [0.4, 0.5) is 18.9 Å². The van der Waals surface area contributed by atoms with E-state index < -0.39 is 6.36 Å². The van der Waals surface area contributed by atoms with Gasteiger partial charge in [0.1, 0.15) is 11.5 Å². The summed E-state index contributed by atoms with van der Waals surface area (Å²) in [5.74, 6) is 0.253. The molecule has 1 heterocycles. The van der Waals surface area contributed by atoms with Gasteiger partial charge in [-0.2, -0.15) is 0 Å². The summed E-state index contributed by atoms with van der Waals surface area (Å²) in [6, 6.07) is 12.8. The number of rotatable bonds is 5. The zero-order chi connectivity index (χ0) is 20.1. The monoisotopic (exact) mass is 394 g/mol. The minimum Gasteiger partial charge on any atom is -0.492 e. The maximum atomic E-state index is 12.6. The highest BCUT2D eigenvalue weighted by atomic mass is 19.4. The first-order valence-electron chi connectivity index (χ1n) is 8.99. The molecule has 3 rings (SSSR count). The standard InChI is InChI=1S/C20H21F3N2O3/c1-2-27-18-6-4-3-5-17(18)24-11-13-25(14-12-24)19(26)15-7-9-16(10-8-15)28-20(21,22)23/h3-10H,2,11-14H2,1H3. The second kappa shape index (κ2) is 8.41. The molecule has 0 atom stereocenters. The Labute approximate surface area is 161 Å². The lowest BCUT2D eigenvalue weighted by Gasteiger charge is -2.36. The Hall–Kier alpha value is -2.90. The predicted octanol–water partition coefficient (Wildman–Crippen LogP) is 3.95. The third-order valence-electron chi connectivity index (χ3n) is 4.41. The van der Waals surface area contributed by atoms with Crippen molar-refractivity contribution in [1.82, 2.24) is 4.90 Å². The minimum atomic E-state index is -4.75. The maximum Gasteiger partial charge on any atom is 0.573 e. The van der Waals surface area contributed by atoms with Crippen molar-refractivity contribution in [3.05, 3.63) is 54.1 Å². The Morgan fingerprint density at radius 1 is 1.00 bits per heavy atom. The van der Waals surface area contributed by atoms with E-state index in [9.17, 15) is 18.0 Å². The van der Waals surface area contributed by atoms with E-state index in [2.05, 4.69) is 9.64 Å². The molecular weight excluding hydrogens is 373 g/mol. The van der Waals surface area contributed by atoms with Crippen LogP contribution in [0.5, 0.6) is 11.5 Å². The predicted molar refractivity (Wildman–Crippen MR) is 98.9 cm³/mol. The second-order valence-electron chi connectivity index (χ2n) is 6.25. The van der Waals surface area contributed by atoms with Crippen LogP contribution in [-0.2, 0) is 0 Å². The lowest BCUT2D eigenvalue weighted by molar-refractivity contribution is -0.274. The molecule has 1 fully saturated rings. The molecule has 5 nitrogen and oxygen atoms in total. The summed E-state index contributed by atoms with van der Waals surface area (Å²) in [5.41, 5.74) is 1.32. The van der Waals surface area contributed by atoms with Crippen LogP contribution in [0.2, 0.25) is 0 Å². The third-order valence-corrected chi connectivity index (χ3v) is 4.41. The highest BCUT2D eigenvalue weighted by Crippen LogP contribution is 2.29. The van der Waals surface area contributed by atoms with Gasteiger partial charge in [-0.3, -0.25) is 4.79 Å². The van der Waals surface area contributed by atoms with Gasteiger partial charge in [0, 0.05) is 31.7 Å². The Kier molecular flexibility index (Phi) is 5.96. The van der Waals surface area contributed by atoms with Crippen molar-refractivity contribution in [2.24, 2.45) is 0 Å². The van der Waals surface area contributed by atoms with Crippen LogP contribution < -0.4 is 14.4 Å². The molecule has 0 aliphatic carbocycles. The number of carbonyl (C=O) groups excluding carboxylic acids is 1. The van der Waals surface area contributed by atoms with Crippen LogP contribution in [0.1, 0.15) is 17.3 Å². The van der Waals surface area contributed by atoms with Crippen LogP contribution in [0.3, 0.4) is 0 Å². The van der Waals surface area contributed by atoms with E-state index >= 15 is 0 Å². The largest absolute Gasteiger partial charge is 0.573 e. The molecule has 0 spiro atoms. The molecular formula is C20H21F3N2O3. The average molecular weight is 394 g/mol. The number of halogens is 3. The lowest BCUT2D eigenvalue weighted by atomic mass is 10.1. The molecule has 0 radical (unpaired) electrons. The zero-order valence-corrected chi connectivity index (χ0v) is 15.4. The van der Waals surface area contributed by atoms with E-state index in [0.717, 1.165) is 23.6 Å². The van der Waals surface area contributed by atoms with Gasteiger partial charge in [0.05, 0.1) is 12.3 Å². The number of piperazine rings is 1. The van der Waals surface area contributed by atoms with Gasteiger partial charge >= 0.3 is 6.36 Å². The first-order chi connectivity index (χ1) is 13.4. The highest BCUT2D eigenvalue weighted by molar-refractivity contribution is 5.94. The number of para-hydroxylation sites is 2.